The summed E-state index contributed by atoms with van der Waals surface area (Å²) >= 11 is 0. The predicted molar refractivity (Wildman–Crippen MR) is 75.3 cm³/mol. The van der Waals surface area contributed by atoms with Crippen LogP contribution in [0.1, 0.15) is 47.0 Å². The summed E-state index contributed by atoms with van der Waals surface area (Å²) in [5, 5.41) is 3.22. The summed E-state index contributed by atoms with van der Waals surface area (Å²) < 4.78 is 0. The van der Waals surface area contributed by atoms with Gasteiger partial charge in [-0.05, 0) is 44.7 Å². The highest BCUT2D eigenvalue weighted by Gasteiger charge is 2.32. The first-order valence-corrected chi connectivity index (χ1v) is 7.06. The van der Waals surface area contributed by atoms with E-state index in [1.807, 2.05) is 13.8 Å². The van der Waals surface area contributed by atoms with Crippen LogP contribution in [0.25, 0.3) is 0 Å². The van der Waals surface area contributed by atoms with Crippen molar-refractivity contribution in [3.63, 3.8) is 0 Å². The number of likely N-dealkylation sites (tertiary alicyclic amines) is 1. The lowest BCUT2D eigenvalue weighted by Gasteiger charge is -2.39. The number of carbonyl (C=O) groups is 1. The maximum absolute atomic E-state index is 11.6. The van der Waals surface area contributed by atoms with Crippen LogP contribution in [0.5, 0.6) is 0 Å². The van der Waals surface area contributed by atoms with Gasteiger partial charge in [-0.3, -0.25) is 4.79 Å². The molecule has 1 heterocycles. The van der Waals surface area contributed by atoms with Crippen LogP contribution in [-0.4, -0.2) is 42.5 Å². The third-order valence-corrected chi connectivity index (χ3v) is 4.02. The number of hydrogen-bond acceptors (Lipinski definition) is 3. The Morgan fingerprint density at radius 3 is 2.67 bits per heavy atom. The van der Waals surface area contributed by atoms with Crippen molar-refractivity contribution in [1.82, 2.24) is 10.2 Å². The van der Waals surface area contributed by atoms with Crippen LogP contribution in [0.2, 0.25) is 0 Å². The van der Waals surface area contributed by atoms with Crippen LogP contribution < -0.4 is 11.1 Å². The fourth-order valence-corrected chi connectivity index (χ4v) is 2.81. The van der Waals surface area contributed by atoms with Crippen molar-refractivity contribution < 1.29 is 4.79 Å². The van der Waals surface area contributed by atoms with Crippen LogP contribution in [0.15, 0.2) is 0 Å². The van der Waals surface area contributed by atoms with Crippen LogP contribution >= 0.6 is 0 Å². The van der Waals surface area contributed by atoms with Crippen molar-refractivity contribution in [3.05, 3.63) is 0 Å². The molecular formula is C14H29N3O. The number of hydrogen-bond donors (Lipinski definition) is 2. The van der Waals surface area contributed by atoms with Crippen molar-refractivity contribution in [3.8, 4) is 0 Å². The Morgan fingerprint density at radius 1 is 1.50 bits per heavy atom. The molecule has 0 aliphatic carbocycles. The van der Waals surface area contributed by atoms with E-state index in [4.69, 9.17) is 5.73 Å². The number of piperidine rings is 1. The van der Waals surface area contributed by atoms with Gasteiger partial charge in [-0.2, -0.15) is 0 Å². The first kappa shape index (κ1) is 15.4. The van der Waals surface area contributed by atoms with Gasteiger partial charge in [0.2, 0.25) is 5.91 Å². The number of carbonyl (C=O) groups excluding carboxylic acids is 1. The van der Waals surface area contributed by atoms with Gasteiger partial charge in [-0.25, -0.2) is 0 Å². The van der Waals surface area contributed by atoms with Crippen molar-refractivity contribution >= 4 is 5.91 Å². The molecule has 1 atom stereocenters. The summed E-state index contributed by atoms with van der Waals surface area (Å²) in [5.41, 5.74) is 5.34. The minimum Gasteiger partial charge on any atom is -0.368 e. The zero-order chi connectivity index (χ0) is 13.8. The topological polar surface area (TPSA) is 58.4 Å². The van der Waals surface area contributed by atoms with Crippen LogP contribution in [-0.2, 0) is 4.79 Å². The second kappa shape index (κ2) is 6.02. The first-order valence-electron chi connectivity index (χ1n) is 7.06. The summed E-state index contributed by atoms with van der Waals surface area (Å²) in [5.74, 6) is -0.249. The number of rotatable bonds is 6. The molecule has 0 aromatic carbocycles. The van der Waals surface area contributed by atoms with Crippen LogP contribution in [0.3, 0.4) is 0 Å². The number of primary amides is 1. The lowest BCUT2D eigenvalue weighted by atomic mass is 9.84. The quantitative estimate of drug-likeness (QED) is 0.753. The summed E-state index contributed by atoms with van der Waals surface area (Å²) in [7, 11) is 0. The highest BCUT2D eigenvalue weighted by Crippen LogP contribution is 2.28. The molecule has 1 rings (SSSR count). The molecule has 1 fully saturated rings. The average molecular weight is 255 g/mol. The molecule has 0 radical (unpaired) electrons. The van der Waals surface area contributed by atoms with Crippen molar-refractivity contribution in [2.45, 2.75) is 52.5 Å². The second-order valence-corrected chi connectivity index (χ2v) is 6.52. The Bertz CT molecular complexity index is 291. The van der Waals surface area contributed by atoms with E-state index in [0.29, 0.717) is 5.41 Å². The number of nitrogens with one attached hydrogen (secondary N) is 1. The number of likely N-dealkylation sites (N-methyl/N-ethyl adjacent to an activating group) is 1. The molecule has 0 spiro atoms. The summed E-state index contributed by atoms with van der Waals surface area (Å²) in [4.78, 5) is 14.0. The zero-order valence-electron chi connectivity index (χ0n) is 12.4. The molecule has 18 heavy (non-hydrogen) atoms. The Balaban J connectivity index is 2.50. The summed E-state index contributed by atoms with van der Waals surface area (Å²) in [6.45, 7) is 12.5. The Kier molecular flexibility index (Phi) is 5.17. The van der Waals surface area contributed by atoms with Gasteiger partial charge in [0.15, 0.2) is 0 Å². The highest BCUT2D eigenvalue weighted by atomic mass is 16.1. The van der Waals surface area contributed by atoms with Gasteiger partial charge in [0.25, 0.3) is 0 Å². The zero-order valence-corrected chi connectivity index (χ0v) is 12.4. The normalized spacial score (nSPS) is 23.6. The van der Waals surface area contributed by atoms with Crippen molar-refractivity contribution in [2.75, 3.05) is 26.2 Å². The van der Waals surface area contributed by atoms with Crippen LogP contribution in [0, 0.1) is 5.41 Å². The lowest BCUT2D eigenvalue weighted by molar-refractivity contribution is -0.124. The molecule has 1 saturated heterocycles. The first-order chi connectivity index (χ1) is 8.29. The number of nitrogens with zero attached hydrogens (tertiary/aromatic N) is 1. The second-order valence-electron chi connectivity index (χ2n) is 6.52. The molecule has 4 nitrogen and oxygen atoms in total. The third kappa shape index (κ3) is 4.25. The molecule has 1 unspecified atom stereocenters. The molecule has 106 valence electrons. The molecule has 0 aromatic heterocycles. The van der Waals surface area contributed by atoms with E-state index in [1.54, 1.807) is 0 Å². The smallest absolute Gasteiger partial charge is 0.237 e. The summed E-state index contributed by atoms with van der Waals surface area (Å²) in [6, 6.07) is 0. The highest BCUT2D eigenvalue weighted by molar-refractivity contribution is 5.84. The molecule has 0 bridgehead atoms. The standard InChI is InChI=1S/C14H29N3O/c1-5-16-14(4,12(15)18)8-10-17-9-6-7-13(2,3)11-17/h16H,5-11H2,1-4H3,(H2,15,18). The molecule has 0 aromatic rings. The van der Waals surface area contributed by atoms with Crippen molar-refractivity contribution in [2.24, 2.45) is 11.1 Å². The molecular weight excluding hydrogens is 226 g/mol. The van der Waals surface area contributed by atoms with Gasteiger partial charge >= 0.3 is 0 Å². The third-order valence-electron chi connectivity index (χ3n) is 4.02. The van der Waals surface area contributed by atoms with E-state index in [1.165, 1.54) is 12.8 Å². The van der Waals surface area contributed by atoms with Gasteiger partial charge in [0.05, 0.1) is 5.54 Å². The Hall–Kier alpha value is -0.610. The van der Waals surface area contributed by atoms with Crippen LogP contribution in [0.4, 0.5) is 0 Å². The van der Waals surface area contributed by atoms with E-state index in [-0.39, 0.29) is 5.91 Å². The lowest BCUT2D eigenvalue weighted by Crippen LogP contribution is -2.55. The number of nitrogens with two attached hydrogens (primary N) is 1. The SMILES string of the molecule is CCNC(C)(CCN1CCCC(C)(C)C1)C(N)=O. The minimum atomic E-state index is -0.573. The summed E-state index contributed by atoms with van der Waals surface area (Å²) in [6.07, 6.45) is 3.33. The molecule has 1 aliphatic heterocycles. The maximum Gasteiger partial charge on any atom is 0.237 e. The fraction of sp³-hybridized carbons (Fsp3) is 0.929. The Morgan fingerprint density at radius 2 is 2.17 bits per heavy atom. The van der Waals surface area contributed by atoms with Gasteiger partial charge < -0.3 is 16.0 Å². The molecule has 1 aliphatic rings. The number of amides is 1. The molecule has 3 N–H and O–H groups in total. The molecule has 4 heteroatoms. The minimum absolute atomic E-state index is 0.249. The van der Waals surface area contributed by atoms with Gasteiger partial charge in [-0.15, -0.1) is 0 Å². The molecule has 0 saturated carbocycles. The van der Waals surface area contributed by atoms with E-state index < -0.39 is 5.54 Å². The van der Waals surface area contributed by atoms with E-state index in [9.17, 15) is 4.79 Å². The Labute approximate surface area is 111 Å². The largest absolute Gasteiger partial charge is 0.368 e. The average Bonchev–Trinajstić information content (AvgIpc) is 2.25. The van der Waals surface area contributed by atoms with Gasteiger partial charge in [0.1, 0.15) is 0 Å². The van der Waals surface area contributed by atoms with Gasteiger partial charge in [0, 0.05) is 13.1 Å². The van der Waals surface area contributed by atoms with Gasteiger partial charge in [-0.1, -0.05) is 20.8 Å². The van der Waals surface area contributed by atoms with E-state index in [2.05, 4.69) is 24.1 Å². The fourth-order valence-electron chi connectivity index (χ4n) is 2.81. The van der Waals surface area contributed by atoms with Crippen molar-refractivity contribution in [1.29, 1.82) is 0 Å². The van der Waals surface area contributed by atoms with E-state index >= 15 is 0 Å². The monoisotopic (exact) mass is 255 g/mol. The maximum atomic E-state index is 11.6. The molecule has 1 amide bonds. The van der Waals surface area contributed by atoms with E-state index in [0.717, 1.165) is 32.6 Å². The predicted octanol–water partition coefficient (Wildman–Crippen LogP) is 1.35.